The zero-order valence-corrected chi connectivity index (χ0v) is 16.7. The normalized spacial score (nSPS) is 21.5. The Morgan fingerprint density at radius 2 is 1.87 bits per heavy atom. The number of ether oxygens (including phenoxy) is 3. The first-order valence-corrected chi connectivity index (χ1v) is 9.56. The van der Waals surface area contributed by atoms with Crippen LogP contribution in [-0.4, -0.2) is 39.6 Å². The maximum Gasteiger partial charge on any atom is 0.364 e. The summed E-state index contributed by atoms with van der Waals surface area (Å²) in [4.78, 5) is 28.2. The molecule has 0 saturated carbocycles. The maximum atomic E-state index is 12.5. The number of hydrogen-bond acceptors (Lipinski definition) is 6. The quantitative estimate of drug-likeness (QED) is 0.690. The summed E-state index contributed by atoms with van der Waals surface area (Å²) in [6.45, 7) is 2.07. The minimum atomic E-state index is -1.59. The number of fused-ring (bicyclic) bond motifs is 1. The molecule has 156 valence electrons. The van der Waals surface area contributed by atoms with Gasteiger partial charge >= 0.3 is 5.97 Å². The molecule has 0 bridgehead atoms. The number of hydrogen-bond donors (Lipinski definition) is 1. The van der Waals surface area contributed by atoms with Crippen LogP contribution in [0, 0.1) is 0 Å². The Hall–Kier alpha value is -3.23. The Bertz CT molecular complexity index is 1130. The van der Waals surface area contributed by atoms with Gasteiger partial charge in [0.2, 0.25) is 0 Å². The lowest BCUT2D eigenvalue weighted by atomic mass is 9.99. The van der Waals surface area contributed by atoms with Crippen LogP contribution in [-0.2, 0) is 27.9 Å². The number of aromatic nitrogens is 2. The van der Waals surface area contributed by atoms with Gasteiger partial charge in [0.05, 0.1) is 24.1 Å². The van der Waals surface area contributed by atoms with Crippen LogP contribution in [0.25, 0.3) is 10.9 Å². The summed E-state index contributed by atoms with van der Waals surface area (Å²) < 4.78 is 18.1. The molecule has 1 aromatic heterocycles. The third-order valence-corrected chi connectivity index (χ3v) is 5.30. The van der Waals surface area contributed by atoms with E-state index in [0.29, 0.717) is 22.5 Å². The van der Waals surface area contributed by atoms with Gasteiger partial charge < -0.3 is 19.3 Å². The molecule has 4 rings (SSSR count). The number of nitrogens with zero attached hydrogens (tertiary/aromatic N) is 2. The average molecular weight is 410 g/mol. The highest BCUT2D eigenvalue weighted by Crippen LogP contribution is 2.29. The van der Waals surface area contributed by atoms with Gasteiger partial charge in [0.1, 0.15) is 18.2 Å². The van der Waals surface area contributed by atoms with E-state index in [-0.39, 0.29) is 31.3 Å². The van der Waals surface area contributed by atoms with Crippen molar-refractivity contribution in [2.75, 3.05) is 13.2 Å². The van der Waals surface area contributed by atoms with Crippen molar-refractivity contribution in [2.45, 2.75) is 25.2 Å². The van der Waals surface area contributed by atoms with Gasteiger partial charge in [-0.3, -0.25) is 9.36 Å². The van der Waals surface area contributed by atoms with Crippen LogP contribution in [0.15, 0.2) is 53.3 Å². The van der Waals surface area contributed by atoms with Crippen molar-refractivity contribution in [1.29, 1.82) is 0 Å². The molecule has 30 heavy (non-hydrogen) atoms. The molecule has 8 nitrogen and oxygen atoms in total. The van der Waals surface area contributed by atoms with E-state index in [1.807, 2.05) is 36.4 Å². The van der Waals surface area contributed by atoms with Gasteiger partial charge in [-0.2, -0.15) is 0 Å². The number of carbonyl (C=O) groups is 1. The summed E-state index contributed by atoms with van der Waals surface area (Å²) in [6, 6.07) is 14.6. The lowest BCUT2D eigenvalue weighted by Gasteiger charge is -2.34. The highest BCUT2D eigenvalue weighted by atomic mass is 16.7. The molecule has 0 unspecified atom stereocenters. The standard InChI is InChI=1S/C22H22N2O6/c1-22(21(26)27)29-11-15(12-30-22)14-7-9-16(10-8-14)28-13-19-23-18-6-4-3-5-17(18)20(25)24(19)2/h3-10,15H,11-13H2,1-2H3,(H,26,27)/t15-,22-. The van der Waals surface area contributed by atoms with E-state index >= 15 is 0 Å². The van der Waals surface area contributed by atoms with Crippen molar-refractivity contribution in [1.82, 2.24) is 9.55 Å². The Morgan fingerprint density at radius 3 is 2.53 bits per heavy atom. The summed E-state index contributed by atoms with van der Waals surface area (Å²) in [6.07, 6.45) is 0. The minimum Gasteiger partial charge on any atom is -0.486 e. The molecule has 0 spiro atoms. The average Bonchev–Trinajstić information content (AvgIpc) is 2.76. The SMILES string of the molecule is Cn1c(COc2ccc([C@H]3CO[C@](C)(C(=O)O)OC3)cc2)nc2ccccc2c1=O. The van der Waals surface area contributed by atoms with Gasteiger partial charge in [-0.15, -0.1) is 0 Å². The molecule has 0 atom stereocenters. The molecule has 2 heterocycles. The molecule has 1 fully saturated rings. The van der Waals surface area contributed by atoms with Crippen molar-refractivity contribution in [2.24, 2.45) is 7.05 Å². The predicted molar refractivity (Wildman–Crippen MR) is 108 cm³/mol. The number of carboxylic acid groups (broad SMARTS) is 1. The Morgan fingerprint density at radius 1 is 1.20 bits per heavy atom. The molecule has 3 aromatic rings. The second-order valence-electron chi connectivity index (χ2n) is 7.34. The molecule has 1 aliphatic heterocycles. The van der Waals surface area contributed by atoms with Crippen LogP contribution < -0.4 is 10.3 Å². The fourth-order valence-corrected chi connectivity index (χ4v) is 3.30. The van der Waals surface area contributed by atoms with E-state index in [1.165, 1.54) is 11.5 Å². The first-order chi connectivity index (χ1) is 14.4. The fraction of sp³-hybridized carbons (Fsp3) is 0.318. The van der Waals surface area contributed by atoms with Gasteiger partial charge in [-0.1, -0.05) is 24.3 Å². The summed E-state index contributed by atoms with van der Waals surface area (Å²) in [7, 11) is 1.68. The summed E-state index contributed by atoms with van der Waals surface area (Å²) in [5, 5.41) is 9.72. The predicted octanol–water partition coefficient (Wildman–Crippen LogP) is 2.44. The van der Waals surface area contributed by atoms with Crippen molar-refractivity contribution >= 4 is 16.9 Å². The van der Waals surface area contributed by atoms with E-state index in [2.05, 4.69) is 4.98 Å². The zero-order valence-electron chi connectivity index (χ0n) is 16.7. The first-order valence-electron chi connectivity index (χ1n) is 9.56. The van der Waals surface area contributed by atoms with Crippen molar-refractivity contribution in [3.05, 3.63) is 70.3 Å². The molecule has 0 amide bonds. The van der Waals surface area contributed by atoms with Gasteiger partial charge in [0.25, 0.3) is 11.3 Å². The summed E-state index contributed by atoms with van der Waals surface area (Å²) >= 11 is 0. The Balaban J connectivity index is 1.43. The van der Waals surface area contributed by atoms with Crippen LogP contribution in [0.3, 0.4) is 0 Å². The second-order valence-corrected chi connectivity index (χ2v) is 7.34. The minimum absolute atomic E-state index is 0.0607. The van der Waals surface area contributed by atoms with Crippen LogP contribution in [0.1, 0.15) is 24.2 Å². The molecule has 0 aliphatic carbocycles. The van der Waals surface area contributed by atoms with Gasteiger partial charge in [-0.05, 0) is 29.8 Å². The molecule has 0 radical (unpaired) electrons. The molecule has 1 N–H and O–H groups in total. The first kappa shape index (κ1) is 20.1. The molecule has 2 aromatic carbocycles. The number of benzene rings is 2. The molecule has 1 aliphatic rings. The van der Waals surface area contributed by atoms with Crippen LogP contribution in [0.5, 0.6) is 5.75 Å². The van der Waals surface area contributed by atoms with Crippen molar-refractivity contribution in [3.63, 3.8) is 0 Å². The second kappa shape index (κ2) is 7.89. The Labute approximate surface area is 172 Å². The van der Waals surface area contributed by atoms with Crippen LogP contribution >= 0.6 is 0 Å². The van der Waals surface area contributed by atoms with Crippen molar-refractivity contribution < 1.29 is 24.1 Å². The fourth-order valence-electron chi connectivity index (χ4n) is 3.30. The maximum absolute atomic E-state index is 12.5. The highest BCUT2D eigenvalue weighted by Gasteiger charge is 2.40. The zero-order chi connectivity index (χ0) is 21.3. The van der Waals surface area contributed by atoms with E-state index in [9.17, 15) is 9.59 Å². The Kier molecular flexibility index (Phi) is 5.27. The molecule has 1 saturated heterocycles. The monoisotopic (exact) mass is 410 g/mol. The highest BCUT2D eigenvalue weighted by molar-refractivity contribution is 5.77. The number of carboxylic acids is 1. The van der Waals surface area contributed by atoms with Crippen LogP contribution in [0.4, 0.5) is 0 Å². The van der Waals surface area contributed by atoms with Gasteiger partial charge in [-0.25, -0.2) is 9.78 Å². The molecule has 8 heteroatoms. The number of rotatable bonds is 5. The van der Waals surface area contributed by atoms with Crippen LogP contribution in [0.2, 0.25) is 0 Å². The van der Waals surface area contributed by atoms with Gasteiger partial charge in [0, 0.05) is 19.9 Å². The van der Waals surface area contributed by atoms with E-state index in [4.69, 9.17) is 19.3 Å². The third kappa shape index (κ3) is 3.79. The smallest absolute Gasteiger partial charge is 0.364 e. The molecular formula is C22H22N2O6. The summed E-state index contributed by atoms with van der Waals surface area (Å²) in [5.74, 6) is -1.63. The topological polar surface area (TPSA) is 99.9 Å². The van der Waals surface area contributed by atoms with Gasteiger partial charge in [0.15, 0.2) is 0 Å². The lowest BCUT2D eigenvalue weighted by Crippen LogP contribution is -2.47. The molecular weight excluding hydrogens is 388 g/mol. The number of para-hydroxylation sites is 1. The van der Waals surface area contributed by atoms with E-state index in [1.54, 1.807) is 19.2 Å². The van der Waals surface area contributed by atoms with E-state index < -0.39 is 11.8 Å². The van der Waals surface area contributed by atoms with E-state index in [0.717, 1.165) is 5.56 Å². The number of aliphatic carboxylic acids is 1. The van der Waals surface area contributed by atoms with Crippen molar-refractivity contribution in [3.8, 4) is 5.75 Å². The lowest BCUT2D eigenvalue weighted by molar-refractivity contribution is -0.262. The third-order valence-electron chi connectivity index (χ3n) is 5.30. The largest absolute Gasteiger partial charge is 0.486 e. The summed E-state index contributed by atoms with van der Waals surface area (Å²) in [5.41, 5.74) is 1.49.